The minimum Gasteiger partial charge on any atom is -0.496 e. The lowest BCUT2D eigenvalue weighted by molar-refractivity contribution is -0.144. The van der Waals surface area contributed by atoms with Crippen LogP contribution in [0.4, 0.5) is 38.0 Å². The molecule has 4 aromatic rings. The molecule has 0 aliphatic carbocycles. The number of anilines is 2. The van der Waals surface area contributed by atoms with Gasteiger partial charge in [-0.15, -0.1) is 0 Å². The number of alkyl halides is 6. The van der Waals surface area contributed by atoms with Crippen LogP contribution in [0.5, 0.6) is 5.75 Å². The average Bonchev–Trinajstić information content (AvgIpc) is 3.07. The number of methoxy groups -OCH3 is 1. The van der Waals surface area contributed by atoms with Gasteiger partial charge in [0.15, 0.2) is 0 Å². The smallest absolute Gasteiger partial charge is 0.416 e. The third kappa shape index (κ3) is 8.45. The topological polar surface area (TPSA) is 91.7 Å². The first-order valence-electron chi connectivity index (χ1n) is 16.0. The van der Waals surface area contributed by atoms with Gasteiger partial charge in [-0.25, -0.2) is 9.97 Å². The number of benzene rings is 2. The van der Waals surface area contributed by atoms with Crippen molar-refractivity contribution in [3.8, 4) is 16.9 Å². The Hall–Kier alpha value is -4.88. The number of pyridine rings is 1. The second-order valence-corrected chi connectivity index (χ2v) is 12.7. The summed E-state index contributed by atoms with van der Waals surface area (Å²) in [5, 5.41) is 9.35. The monoisotopic (exact) mass is 701 g/mol. The molecule has 266 valence electrons. The molecule has 0 amide bonds. The fourth-order valence-corrected chi connectivity index (χ4v) is 6.01. The van der Waals surface area contributed by atoms with Crippen molar-refractivity contribution in [3.05, 3.63) is 94.6 Å². The first-order valence-corrected chi connectivity index (χ1v) is 16.0. The predicted octanol–water partition coefficient (Wildman–Crippen LogP) is 8.52. The fourth-order valence-electron chi connectivity index (χ4n) is 6.01. The maximum absolute atomic E-state index is 13.8. The second-order valence-electron chi connectivity index (χ2n) is 12.7. The first kappa shape index (κ1) is 36.4. The molecule has 1 fully saturated rings. The Kier molecular flexibility index (Phi) is 10.6. The van der Waals surface area contributed by atoms with Crippen molar-refractivity contribution >= 4 is 17.6 Å². The zero-order valence-electron chi connectivity index (χ0n) is 27.9. The minimum atomic E-state index is -5.02. The summed E-state index contributed by atoms with van der Waals surface area (Å²) >= 11 is 0. The normalized spacial score (nSPS) is 14.3. The van der Waals surface area contributed by atoms with E-state index in [-0.39, 0.29) is 30.0 Å². The van der Waals surface area contributed by atoms with E-state index in [0.29, 0.717) is 66.5 Å². The van der Waals surface area contributed by atoms with Gasteiger partial charge in [0, 0.05) is 36.5 Å². The van der Waals surface area contributed by atoms with E-state index in [2.05, 4.69) is 9.97 Å². The van der Waals surface area contributed by atoms with E-state index in [0.717, 1.165) is 11.1 Å². The highest BCUT2D eigenvalue weighted by Gasteiger charge is 2.37. The summed E-state index contributed by atoms with van der Waals surface area (Å²) in [6.45, 7) is 6.30. The molecule has 0 saturated carbocycles. The van der Waals surface area contributed by atoms with E-state index < -0.39 is 41.9 Å². The number of halogens is 6. The van der Waals surface area contributed by atoms with Crippen molar-refractivity contribution < 1.29 is 41.0 Å². The van der Waals surface area contributed by atoms with Gasteiger partial charge in [0.2, 0.25) is 5.95 Å². The van der Waals surface area contributed by atoms with Crippen LogP contribution in [0.3, 0.4) is 0 Å². The summed E-state index contributed by atoms with van der Waals surface area (Å²) in [7, 11) is 1.53. The van der Waals surface area contributed by atoms with Crippen LogP contribution in [0.2, 0.25) is 0 Å². The van der Waals surface area contributed by atoms with Crippen molar-refractivity contribution in [2.24, 2.45) is 5.92 Å². The molecule has 1 aliphatic rings. The fraction of sp³-hybridized carbons (Fsp3) is 0.389. The molecule has 14 heteroatoms. The molecule has 0 atom stereocenters. The van der Waals surface area contributed by atoms with Crippen LogP contribution in [0.1, 0.15) is 66.2 Å². The number of carboxylic acid groups (broad SMARTS) is 1. The number of rotatable bonds is 10. The lowest BCUT2D eigenvalue weighted by Crippen LogP contribution is -2.36. The van der Waals surface area contributed by atoms with Gasteiger partial charge >= 0.3 is 18.3 Å². The van der Waals surface area contributed by atoms with Gasteiger partial charge in [-0.2, -0.15) is 26.3 Å². The molecule has 1 saturated heterocycles. The van der Waals surface area contributed by atoms with Crippen LogP contribution in [0.15, 0.2) is 60.9 Å². The number of ether oxygens (including phenoxy) is 1. The lowest BCUT2D eigenvalue weighted by Gasteiger charge is -2.31. The lowest BCUT2D eigenvalue weighted by atomic mass is 9.95. The summed E-state index contributed by atoms with van der Waals surface area (Å²) in [5.74, 6) is -0.506. The van der Waals surface area contributed by atoms with Crippen molar-refractivity contribution in [2.45, 2.75) is 65.0 Å². The molecule has 1 N–H and O–H groups in total. The van der Waals surface area contributed by atoms with Crippen LogP contribution in [0, 0.1) is 12.8 Å². The summed E-state index contributed by atoms with van der Waals surface area (Å²) in [5.41, 5.74) is 1.06. The number of aromatic nitrogens is 3. The number of hydrogen-bond acceptors (Lipinski definition) is 7. The summed E-state index contributed by atoms with van der Waals surface area (Å²) < 4.78 is 88.6. The number of aryl methyl sites for hydroxylation is 1. The number of aliphatic carboxylic acids is 1. The summed E-state index contributed by atoms with van der Waals surface area (Å²) in [4.78, 5) is 28.6. The van der Waals surface area contributed by atoms with E-state index in [9.17, 15) is 36.2 Å². The third-order valence-electron chi connectivity index (χ3n) is 8.77. The van der Waals surface area contributed by atoms with E-state index in [1.807, 2.05) is 49.1 Å². The predicted molar refractivity (Wildman–Crippen MR) is 176 cm³/mol. The van der Waals surface area contributed by atoms with Gasteiger partial charge in [-0.05, 0) is 73.2 Å². The Bertz CT molecular complexity index is 1790. The average molecular weight is 702 g/mol. The molecule has 8 nitrogen and oxygen atoms in total. The Morgan fingerprint density at radius 3 is 2.08 bits per heavy atom. The van der Waals surface area contributed by atoms with E-state index in [1.165, 1.54) is 24.4 Å². The van der Waals surface area contributed by atoms with Crippen LogP contribution < -0.4 is 14.5 Å². The van der Waals surface area contributed by atoms with Gasteiger partial charge in [0.25, 0.3) is 0 Å². The van der Waals surface area contributed by atoms with E-state index in [4.69, 9.17) is 9.72 Å². The van der Waals surface area contributed by atoms with Crippen molar-refractivity contribution in [1.29, 1.82) is 0 Å². The number of carboxylic acids is 1. The number of nitrogens with zero attached hydrogens (tertiary/aromatic N) is 5. The molecule has 5 rings (SSSR count). The standard InChI is InChI=1S/C36H37F6N5O3/c1-21(2)25-6-8-32(50-4)30(15-25)29-7-5-22(3)45-31(29)20-47(19-23-13-26(35(37,38)39)16-27(14-23)36(40,41)42)34-43-17-28(18-44-34)46-11-9-24(10-12-46)33(48)49/h5-8,13-18,21,24H,9-12,19-20H2,1-4H3,(H,48,49). The SMILES string of the molecule is COc1ccc(C(C)C)cc1-c1ccc(C)nc1CN(Cc1cc(C(F)(F)F)cc(C(F)(F)F)c1)c1ncc(N2CCC(C(=O)O)CC2)cn1. The van der Waals surface area contributed by atoms with Crippen LogP contribution >= 0.6 is 0 Å². The Balaban J connectivity index is 1.58. The molecule has 2 aromatic heterocycles. The summed E-state index contributed by atoms with van der Waals surface area (Å²) in [6.07, 6.45) is -6.13. The third-order valence-corrected chi connectivity index (χ3v) is 8.77. The van der Waals surface area contributed by atoms with Crippen LogP contribution in [0.25, 0.3) is 11.1 Å². The maximum atomic E-state index is 13.8. The van der Waals surface area contributed by atoms with Crippen LogP contribution in [-0.4, -0.2) is 46.2 Å². The van der Waals surface area contributed by atoms with E-state index >= 15 is 0 Å². The van der Waals surface area contributed by atoms with Gasteiger partial charge in [-0.1, -0.05) is 26.0 Å². The molecule has 3 heterocycles. The molecule has 50 heavy (non-hydrogen) atoms. The van der Waals surface area contributed by atoms with Crippen molar-refractivity contribution in [1.82, 2.24) is 15.0 Å². The zero-order chi connectivity index (χ0) is 36.4. The zero-order valence-corrected chi connectivity index (χ0v) is 27.9. The molecule has 0 unspecified atom stereocenters. The highest BCUT2D eigenvalue weighted by Crippen LogP contribution is 2.38. The highest BCUT2D eigenvalue weighted by atomic mass is 19.4. The number of hydrogen-bond donors (Lipinski definition) is 1. The number of piperidine rings is 1. The van der Waals surface area contributed by atoms with Gasteiger partial charge in [-0.3, -0.25) is 9.78 Å². The van der Waals surface area contributed by atoms with Gasteiger partial charge in [0.1, 0.15) is 5.75 Å². The van der Waals surface area contributed by atoms with Crippen LogP contribution in [-0.2, 0) is 30.2 Å². The van der Waals surface area contributed by atoms with Gasteiger partial charge < -0.3 is 19.6 Å². The molecule has 2 aromatic carbocycles. The Morgan fingerprint density at radius 1 is 0.920 bits per heavy atom. The first-order chi connectivity index (χ1) is 23.5. The molecule has 1 aliphatic heterocycles. The highest BCUT2D eigenvalue weighted by molar-refractivity contribution is 5.74. The largest absolute Gasteiger partial charge is 0.496 e. The molecular formula is C36H37F6N5O3. The maximum Gasteiger partial charge on any atom is 0.416 e. The molecular weight excluding hydrogens is 664 g/mol. The molecule has 0 spiro atoms. The number of carbonyl (C=O) groups is 1. The molecule has 0 radical (unpaired) electrons. The van der Waals surface area contributed by atoms with Gasteiger partial charge in [0.05, 0.1) is 54.5 Å². The minimum absolute atomic E-state index is 0.0531. The van der Waals surface area contributed by atoms with Crippen molar-refractivity contribution in [2.75, 3.05) is 30.0 Å². The quantitative estimate of drug-likeness (QED) is 0.165. The summed E-state index contributed by atoms with van der Waals surface area (Å²) in [6, 6.07) is 10.9. The second kappa shape index (κ2) is 14.5. The van der Waals surface area contributed by atoms with E-state index in [1.54, 1.807) is 6.92 Å². The Morgan fingerprint density at radius 2 is 1.54 bits per heavy atom. The van der Waals surface area contributed by atoms with Crippen molar-refractivity contribution in [3.63, 3.8) is 0 Å². The molecule has 0 bridgehead atoms. The Labute approximate surface area is 285 Å².